The predicted octanol–water partition coefficient (Wildman–Crippen LogP) is 2.11. The van der Waals surface area contributed by atoms with Crippen molar-refractivity contribution >= 4 is 0 Å². The van der Waals surface area contributed by atoms with E-state index >= 15 is 0 Å². The van der Waals surface area contributed by atoms with Crippen molar-refractivity contribution in [3.05, 3.63) is 34.4 Å². The zero-order valence-electron chi connectivity index (χ0n) is 13.3. The third kappa shape index (κ3) is 3.60. The van der Waals surface area contributed by atoms with Crippen molar-refractivity contribution < 1.29 is 5.11 Å². The number of hydrogen-bond donors (Lipinski definition) is 2. The van der Waals surface area contributed by atoms with E-state index in [-0.39, 0.29) is 0 Å². The monoisotopic (exact) mass is 276 g/mol. The summed E-state index contributed by atoms with van der Waals surface area (Å²) in [6.07, 6.45) is 0.788. The summed E-state index contributed by atoms with van der Waals surface area (Å²) in [4.78, 5) is 2.43. The number of hydrogen-bond acceptors (Lipinski definition) is 3. The van der Waals surface area contributed by atoms with Gasteiger partial charge in [0.25, 0.3) is 0 Å². The van der Waals surface area contributed by atoms with Gasteiger partial charge in [0.2, 0.25) is 0 Å². The van der Waals surface area contributed by atoms with E-state index in [9.17, 15) is 5.11 Å². The molecule has 3 heteroatoms. The number of aliphatic hydroxyl groups is 1. The van der Waals surface area contributed by atoms with Gasteiger partial charge in [-0.2, -0.15) is 0 Å². The smallest absolute Gasteiger partial charge is 0.0883 e. The number of rotatable bonds is 4. The highest BCUT2D eigenvalue weighted by atomic mass is 16.3. The second-order valence-electron chi connectivity index (χ2n) is 6.37. The maximum atomic E-state index is 10.9. The van der Waals surface area contributed by atoms with Crippen LogP contribution < -0.4 is 5.32 Å². The molecule has 2 N–H and O–H groups in total. The van der Waals surface area contributed by atoms with Crippen molar-refractivity contribution in [2.24, 2.45) is 0 Å². The molecule has 0 aliphatic carbocycles. The first-order valence-electron chi connectivity index (χ1n) is 7.64. The summed E-state index contributed by atoms with van der Waals surface area (Å²) in [5, 5.41) is 14.2. The van der Waals surface area contributed by atoms with Gasteiger partial charge in [-0.3, -0.25) is 0 Å². The third-order valence-corrected chi connectivity index (χ3v) is 4.55. The van der Waals surface area contributed by atoms with Crippen LogP contribution in [0.2, 0.25) is 0 Å². The van der Waals surface area contributed by atoms with Crippen LogP contribution in [0.3, 0.4) is 0 Å². The molecule has 3 nitrogen and oxygen atoms in total. The van der Waals surface area contributed by atoms with Crippen LogP contribution in [0.25, 0.3) is 0 Å². The molecule has 2 rings (SSSR count). The summed E-state index contributed by atoms with van der Waals surface area (Å²) in [5.74, 6) is 0. The first-order valence-corrected chi connectivity index (χ1v) is 7.64. The molecule has 0 radical (unpaired) electrons. The maximum absolute atomic E-state index is 10.9. The van der Waals surface area contributed by atoms with Gasteiger partial charge in [0.1, 0.15) is 0 Å². The summed E-state index contributed by atoms with van der Waals surface area (Å²) in [7, 11) is 0. The first kappa shape index (κ1) is 15.5. The summed E-state index contributed by atoms with van der Waals surface area (Å²) in [6.45, 7) is 13.5. The van der Waals surface area contributed by atoms with E-state index in [0.29, 0.717) is 0 Å². The molecule has 0 amide bonds. The zero-order valence-corrected chi connectivity index (χ0v) is 13.3. The normalized spacial score (nSPS) is 19.9. The molecule has 112 valence electrons. The number of aryl methyl sites for hydroxylation is 3. The van der Waals surface area contributed by atoms with Crippen LogP contribution in [0.15, 0.2) is 12.1 Å². The molecule has 0 bridgehead atoms. The van der Waals surface area contributed by atoms with Gasteiger partial charge in [0, 0.05) is 32.7 Å². The molecule has 0 saturated carbocycles. The molecule has 1 unspecified atom stereocenters. The van der Waals surface area contributed by atoms with Gasteiger partial charge in [-0.1, -0.05) is 12.1 Å². The van der Waals surface area contributed by atoms with E-state index in [1.165, 1.54) is 16.7 Å². The molecule has 1 aliphatic rings. The second kappa shape index (κ2) is 6.25. The van der Waals surface area contributed by atoms with Crippen LogP contribution in [0, 0.1) is 20.8 Å². The minimum absolute atomic E-state index is 0.743. The number of piperazine rings is 1. The van der Waals surface area contributed by atoms with Gasteiger partial charge in [0.05, 0.1) is 5.60 Å². The highest BCUT2D eigenvalue weighted by Gasteiger charge is 2.26. The minimum atomic E-state index is -0.743. The van der Waals surface area contributed by atoms with Crippen molar-refractivity contribution in [3.63, 3.8) is 0 Å². The standard InChI is InChI=1S/C17H28N2O/c1-13-11-15(3)16(12-14(13)2)17(4,20)5-8-19-9-6-18-7-10-19/h11-12,18,20H,5-10H2,1-4H3. The SMILES string of the molecule is Cc1cc(C)c(C(C)(O)CCN2CCNCC2)cc1C. The van der Waals surface area contributed by atoms with Gasteiger partial charge in [-0.05, 0) is 56.4 Å². The van der Waals surface area contributed by atoms with Crippen LogP contribution in [0.5, 0.6) is 0 Å². The topological polar surface area (TPSA) is 35.5 Å². The lowest BCUT2D eigenvalue weighted by Crippen LogP contribution is -2.45. The average molecular weight is 276 g/mol. The second-order valence-corrected chi connectivity index (χ2v) is 6.37. The average Bonchev–Trinajstić information content (AvgIpc) is 2.42. The molecule has 1 aromatic carbocycles. The Morgan fingerprint density at radius 1 is 1.10 bits per heavy atom. The molecular formula is C17H28N2O. The fourth-order valence-corrected chi connectivity index (χ4v) is 2.99. The van der Waals surface area contributed by atoms with Crippen LogP contribution >= 0.6 is 0 Å². The summed E-state index contributed by atoms with van der Waals surface area (Å²) in [5.41, 5.74) is 4.08. The molecule has 1 saturated heterocycles. The Bertz CT molecular complexity index is 462. The summed E-state index contributed by atoms with van der Waals surface area (Å²) in [6, 6.07) is 4.34. The van der Waals surface area contributed by atoms with Gasteiger partial charge in [0.15, 0.2) is 0 Å². The lowest BCUT2D eigenvalue weighted by Gasteiger charge is -2.32. The zero-order chi connectivity index (χ0) is 14.8. The van der Waals surface area contributed by atoms with Crippen LogP contribution in [0.1, 0.15) is 35.6 Å². The maximum Gasteiger partial charge on any atom is 0.0883 e. The van der Waals surface area contributed by atoms with E-state index in [1.807, 2.05) is 6.92 Å². The molecule has 1 aromatic rings. The van der Waals surface area contributed by atoms with Crippen molar-refractivity contribution in [1.29, 1.82) is 0 Å². The van der Waals surface area contributed by atoms with Crippen LogP contribution in [-0.2, 0) is 5.60 Å². The van der Waals surface area contributed by atoms with Crippen molar-refractivity contribution in [2.45, 2.75) is 39.7 Å². The molecular weight excluding hydrogens is 248 g/mol. The lowest BCUT2D eigenvalue weighted by molar-refractivity contribution is 0.0339. The number of benzene rings is 1. The Kier molecular flexibility index (Phi) is 4.84. The predicted molar refractivity (Wildman–Crippen MR) is 84.2 cm³/mol. The van der Waals surface area contributed by atoms with Gasteiger partial charge < -0.3 is 15.3 Å². The fourth-order valence-electron chi connectivity index (χ4n) is 2.99. The molecule has 20 heavy (non-hydrogen) atoms. The molecule has 0 aromatic heterocycles. The highest BCUT2D eigenvalue weighted by molar-refractivity contribution is 5.39. The minimum Gasteiger partial charge on any atom is -0.385 e. The Morgan fingerprint density at radius 2 is 1.70 bits per heavy atom. The van der Waals surface area contributed by atoms with Crippen LogP contribution in [-0.4, -0.2) is 42.7 Å². The molecule has 0 spiro atoms. The summed E-state index contributed by atoms with van der Waals surface area (Å²) < 4.78 is 0. The van der Waals surface area contributed by atoms with E-state index in [4.69, 9.17) is 0 Å². The molecule has 1 atom stereocenters. The highest BCUT2D eigenvalue weighted by Crippen LogP contribution is 2.29. The van der Waals surface area contributed by atoms with Crippen molar-refractivity contribution in [2.75, 3.05) is 32.7 Å². The van der Waals surface area contributed by atoms with E-state index in [2.05, 4.69) is 43.1 Å². The Hall–Kier alpha value is -0.900. The van der Waals surface area contributed by atoms with Crippen LogP contribution in [0.4, 0.5) is 0 Å². The quantitative estimate of drug-likeness (QED) is 0.884. The number of nitrogens with zero attached hydrogens (tertiary/aromatic N) is 1. The van der Waals surface area contributed by atoms with E-state index < -0.39 is 5.60 Å². The first-order chi connectivity index (χ1) is 9.40. The molecule has 1 aliphatic heterocycles. The van der Waals surface area contributed by atoms with E-state index in [1.54, 1.807) is 0 Å². The fraction of sp³-hybridized carbons (Fsp3) is 0.647. The van der Waals surface area contributed by atoms with Crippen molar-refractivity contribution in [1.82, 2.24) is 10.2 Å². The largest absolute Gasteiger partial charge is 0.385 e. The summed E-state index contributed by atoms with van der Waals surface area (Å²) >= 11 is 0. The van der Waals surface area contributed by atoms with Gasteiger partial charge in [-0.15, -0.1) is 0 Å². The lowest BCUT2D eigenvalue weighted by atomic mass is 9.86. The Labute approximate surface area is 123 Å². The number of nitrogens with one attached hydrogen (secondary N) is 1. The van der Waals surface area contributed by atoms with E-state index in [0.717, 1.165) is 44.7 Å². The third-order valence-electron chi connectivity index (χ3n) is 4.55. The molecule has 1 fully saturated rings. The van der Waals surface area contributed by atoms with Gasteiger partial charge >= 0.3 is 0 Å². The Morgan fingerprint density at radius 3 is 2.35 bits per heavy atom. The van der Waals surface area contributed by atoms with Gasteiger partial charge in [-0.25, -0.2) is 0 Å². The van der Waals surface area contributed by atoms with Crippen molar-refractivity contribution in [3.8, 4) is 0 Å². The Balaban J connectivity index is 2.07. The molecule has 1 heterocycles.